The number of benzene rings is 1. The molecule has 0 bridgehead atoms. The highest BCUT2D eigenvalue weighted by atomic mass is 31.2. The van der Waals surface area contributed by atoms with Crippen molar-refractivity contribution in [3.8, 4) is 5.75 Å². The van der Waals surface area contributed by atoms with Crippen molar-refractivity contribution in [3.05, 3.63) is 39.5 Å². The van der Waals surface area contributed by atoms with Crippen LogP contribution in [0, 0.1) is 6.92 Å². The Bertz CT molecular complexity index is 1110. The van der Waals surface area contributed by atoms with Gasteiger partial charge in [-0.15, -0.1) is 0 Å². The van der Waals surface area contributed by atoms with Gasteiger partial charge in [0.25, 0.3) is 7.52 Å². The van der Waals surface area contributed by atoms with Crippen molar-refractivity contribution >= 4 is 19.5 Å². The third-order valence-electron chi connectivity index (χ3n) is 6.11. The summed E-state index contributed by atoms with van der Waals surface area (Å²) in [7, 11) is -4.04. The fraction of sp³-hybridized carbons (Fsp3) is 0.600. The molecule has 3 N–H and O–H groups in total. The lowest BCUT2D eigenvalue weighted by molar-refractivity contribution is -0.153. The molecule has 0 saturated heterocycles. The van der Waals surface area contributed by atoms with E-state index in [-0.39, 0.29) is 37.2 Å². The van der Waals surface area contributed by atoms with E-state index in [4.69, 9.17) is 14.0 Å². The average Bonchev–Trinajstić information content (AvgIpc) is 3.23. The highest BCUT2D eigenvalue weighted by Gasteiger charge is 2.35. The molecule has 1 aliphatic heterocycles. The number of hydrogen-bond donors (Lipinski definition) is 3. The number of ether oxygens (including phenoxy) is 2. The standard InChI is InChI=1S/C25H36F3N2O7P/c1-6-18-16(4)20-13-36-24(33)21(20)22(31)19(18)9-8-15(3)12-29-10-11-38(34,37-14-25(26,27)28)30-17(5)23(32)35-7-2/h8,17,29,31H,6-7,9-14H2,1-5H3,(H,30,34)/b15-8+/t17-,38?/m0/s1. The Morgan fingerprint density at radius 2 is 1.97 bits per heavy atom. The van der Waals surface area contributed by atoms with Gasteiger partial charge in [-0.05, 0) is 51.7 Å². The molecule has 2 atom stereocenters. The van der Waals surface area contributed by atoms with Crippen LogP contribution in [0.2, 0.25) is 0 Å². The number of aromatic hydroxyl groups is 1. The van der Waals surface area contributed by atoms with Gasteiger partial charge < -0.3 is 24.4 Å². The first-order valence-corrected chi connectivity index (χ1v) is 14.2. The largest absolute Gasteiger partial charge is 0.507 e. The number of halogens is 3. The Kier molecular flexibility index (Phi) is 11.4. The van der Waals surface area contributed by atoms with Crippen molar-refractivity contribution in [2.24, 2.45) is 0 Å². The second kappa shape index (κ2) is 13.6. The van der Waals surface area contributed by atoms with Crippen LogP contribution < -0.4 is 10.4 Å². The fourth-order valence-electron chi connectivity index (χ4n) is 4.16. The molecule has 1 unspecified atom stereocenters. The van der Waals surface area contributed by atoms with E-state index in [0.717, 1.165) is 16.7 Å². The number of carbonyl (C=O) groups excluding carboxylic acids is 2. The summed E-state index contributed by atoms with van der Waals surface area (Å²) in [6.07, 6.45) is -2.10. The normalized spacial score (nSPS) is 16.1. The van der Waals surface area contributed by atoms with Crippen LogP contribution in [-0.2, 0) is 42.8 Å². The van der Waals surface area contributed by atoms with Crippen LogP contribution in [0.5, 0.6) is 5.75 Å². The summed E-state index contributed by atoms with van der Waals surface area (Å²) in [6, 6.07) is -1.12. The Morgan fingerprint density at radius 3 is 2.58 bits per heavy atom. The number of phenols is 1. The Balaban J connectivity index is 2.03. The molecule has 2 rings (SSSR count). The van der Waals surface area contributed by atoms with Crippen molar-refractivity contribution in [1.82, 2.24) is 10.4 Å². The van der Waals surface area contributed by atoms with E-state index >= 15 is 0 Å². The second-order valence-electron chi connectivity index (χ2n) is 9.03. The lowest BCUT2D eigenvalue weighted by Gasteiger charge is -2.23. The third kappa shape index (κ3) is 8.56. The van der Waals surface area contributed by atoms with Gasteiger partial charge in [-0.25, -0.2) is 9.88 Å². The van der Waals surface area contributed by atoms with Crippen LogP contribution in [0.1, 0.15) is 60.3 Å². The maximum Gasteiger partial charge on any atom is 0.412 e. The molecule has 0 spiro atoms. The Labute approximate surface area is 220 Å². The van der Waals surface area contributed by atoms with Crippen LogP contribution in [0.15, 0.2) is 11.6 Å². The first-order valence-electron chi connectivity index (χ1n) is 12.4. The van der Waals surface area contributed by atoms with E-state index in [1.807, 2.05) is 26.8 Å². The summed E-state index contributed by atoms with van der Waals surface area (Å²) in [5, 5.41) is 16.2. The number of allylic oxidation sites excluding steroid dienone is 1. The van der Waals surface area contributed by atoms with Crippen LogP contribution in [0.4, 0.5) is 13.2 Å². The van der Waals surface area contributed by atoms with Gasteiger partial charge in [0.15, 0.2) is 6.61 Å². The first-order chi connectivity index (χ1) is 17.7. The molecule has 38 heavy (non-hydrogen) atoms. The number of rotatable bonds is 14. The molecule has 1 aromatic rings. The molecular weight excluding hydrogens is 528 g/mol. The van der Waals surface area contributed by atoms with E-state index < -0.39 is 38.3 Å². The van der Waals surface area contributed by atoms with Crippen molar-refractivity contribution < 1.29 is 46.4 Å². The molecule has 13 heteroatoms. The molecule has 0 radical (unpaired) electrons. The lowest BCUT2D eigenvalue weighted by atomic mass is 9.89. The minimum atomic E-state index is -4.69. The molecule has 1 aromatic carbocycles. The lowest BCUT2D eigenvalue weighted by Crippen LogP contribution is -2.36. The maximum atomic E-state index is 13.0. The smallest absolute Gasteiger partial charge is 0.412 e. The molecule has 0 aromatic heterocycles. The maximum absolute atomic E-state index is 13.0. The molecule has 214 valence electrons. The zero-order chi connectivity index (χ0) is 28.7. The highest BCUT2D eigenvalue weighted by molar-refractivity contribution is 7.56. The van der Waals surface area contributed by atoms with Crippen LogP contribution >= 0.6 is 7.52 Å². The zero-order valence-corrected chi connectivity index (χ0v) is 23.2. The van der Waals surface area contributed by atoms with Crippen molar-refractivity contribution in [1.29, 1.82) is 0 Å². The number of carbonyl (C=O) groups is 2. The van der Waals surface area contributed by atoms with Crippen molar-refractivity contribution in [2.45, 2.75) is 66.3 Å². The molecular formula is C25H36F3N2O7P. The number of phenolic OH excluding ortho intramolecular Hbond substituents is 1. The quantitative estimate of drug-likeness (QED) is 0.131. The van der Waals surface area contributed by atoms with E-state index in [9.17, 15) is 32.4 Å². The van der Waals surface area contributed by atoms with Gasteiger partial charge in [0.1, 0.15) is 24.0 Å². The van der Waals surface area contributed by atoms with E-state index in [2.05, 4.69) is 10.4 Å². The SMILES string of the molecule is CCOC(=O)[C@H](C)NP(=O)(CCNC/C(C)=C/Cc1c(O)c2c(c(C)c1CC)COC2=O)OCC(F)(F)F. The molecule has 0 aliphatic carbocycles. The van der Waals surface area contributed by atoms with Gasteiger partial charge >= 0.3 is 18.1 Å². The van der Waals surface area contributed by atoms with Gasteiger partial charge in [0, 0.05) is 24.2 Å². The summed E-state index contributed by atoms with van der Waals surface area (Å²) in [5.41, 5.74) is 4.28. The topological polar surface area (TPSA) is 123 Å². The number of fused-ring (bicyclic) bond motifs is 1. The van der Waals surface area contributed by atoms with Crippen LogP contribution in [0.25, 0.3) is 0 Å². The summed E-state index contributed by atoms with van der Waals surface area (Å²) in [4.78, 5) is 23.9. The number of cyclic esters (lactones) is 1. The molecule has 1 heterocycles. The number of alkyl halides is 3. The average molecular weight is 565 g/mol. The summed E-state index contributed by atoms with van der Waals surface area (Å²) in [6.45, 7) is 7.45. The monoisotopic (exact) mass is 564 g/mol. The summed E-state index contributed by atoms with van der Waals surface area (Å²) < 4.78 is 65.7. The highest BCUT2D eigenvalue weighted by Crippen LogP contribution is 2.44. The molecule has 0 fully saturated rings. The van der Waals surface area contributed by atoms with E-state index in [1.54, 1.807) is 6.92 Å². The van der Waals surface area contributed by atoms with Gasteiger partial charge in [-0.3, -0.25) is 9.36 Å². The number of esters is 2. The third-order valence-corrected chi connectivity index (χ3v) is 8.25. The number of hydrogen-bond acceptors (Lipinski definition) is 8. The van der Waals surface area contributed by atoms with Crippen LogP contribution in [0.3, 0.4) is 0 Å². The molecule has 9 nitrogen and oxygen atoms in total. The van der Waals surface area contributed by atoms with Crippen LogP contribution in [-0.4, -0.2) is 61.7 Å². The van der Waals surface area contributed by atoms with Gasteiger partial charge in [0.05, 0.1) is 12.8 Å². The second-order valence-corrected chi connectivity index (χ2v) is 11.3. The van der Waals surface area contributed by atoms with Gasteiger partial charge in [-0.1, -0.05) is 18.6 Å². The molecule has 1 aliphatic rings. The number of nitrogens with one attached hydrogen (secondary N) is 2. The summed E-state index contributed by atoms with van der Waals surface area (Å²) >= 11 is 0. The van der Waals surface area contributed by atoms with Gasteiger partial charge in [-0.2, -0.15) is 13.2 Å². The van der Waals surface area contributed by atoms with E-state index in [0.29, 0.717) is 30.5 Å². The minimum absolute atomic E-state index is 0.0398. The minimum Gasteiger partial charge on any atom is -0.507 e. The molecule has 0 amide bonds. The van der Waals surface area contributed by atoms with E-state index in [1.165, 1.54) is 6.92 Å². The van der Waals surface area contributed by atoms with Crippen molar-refractivity contribution in [2.75, 3.05) is 32.5 Å². The molecule has 0 saturated carbocycles. The Hall–Kier alpha value is -2.40. The van der Waals surface area contributed by atoms with Crippen molar-refractivity contribution in [3.63, 3.8) is 0 Å². The Morgan fingerprint density at radius 1 is 1.29 bits per heavy atom. The predicted octanol–water partition coefficient (Wildman–Crippen LogP) is 4.33. The predicted molar refractivity (Wildman–Crippen MR) is 135 cm³/mol. The fourth-order valence-corrected chi connectivity index (χ4v) is 6.00. The summed E-state index contributed by atoms with van der Waals surface area (Å²) in [5.74, 6) is -1.37. The first kappa shape index (κ1) is 31.8. The zero-order valence-electron chi connectivity index (χ0n) is 22.3. The van der Waals surface area contributed by atoms with Gasteiger partial charge in [0.2, 0.25) is 0 Å².